The fraction of sp³-hybridized carbons (Fsp3) is 0.0952. The molecule has 0 fully saturated rings. The van der Waals surface area contributed by atoms with Gasteiger partial charge in [0.05, 0.1) is 45.6 Å². The first-order valence-corrected chi connectivity index (χ1v) is 9.80. The number of carbonyl (C=O) groups excluding carboxylic acids is 1. The van der Waals surface area contributed by atoms with Gasteiger partial charge in [0.25, 0.3) is 5.91 Å². The molecule has 0 atom stereocenters. The van der Waals surface area contributed by atoms with Crippen LogP contribution in [0.5, 0.6) is 5.75 Å². The van der Waals surface area contributed by atoms with Crippen molar-refractivity contribution < 1.29 is 22.7 Å². The van der Waals surface area contributed by atoms with Gasteiger partial charge in [-0.25, -0.2) is 9.97 Å². The first-order chi connectivity index (χ1) is 15.2. The molecule has 0 saturated carbocycles. The van der Waals surface area contributed by atoms with Crippen LogP contribution in [0.3, 0.4) is 0 Å². The third-order valence-electron chi connectivity index (χ3n) is 4.56. The molecule has 0 aliphatic carbocycles. The number of alkyl halides is 3. The number of halogens is 5. The molecule has 0 spiro atoms. The lowest BCUT2D eigenvalue weighted by Gasteiger charge is -2.12. The summed E-state index contributed by atoms with van der Waals surface area (Å²) in [5, 5.41) is 2.83. The number of anilines is 1. The third kappa shape index (κ3) is 4.09. The fourth-order valence-corrected chi connectivity index (χ4v) is 3.48. The summed E-state index contributed by atoms with van der Waals surface area (Å²) in [4.78, 5) is 20.2. The summed E-state index contributed by atoms with van der Waals surface area (Å²) in [6.07, 6.45) is -3.50. The smallest absolute Gasteiger partial charge is 0.450 e. The molecule has 11 heteroatoms. The van der Waals surface area contributed by atoms with Crippen molar-refractivity contribution >= 4 is 46.0 Å². The second-order valence-electron chi connectivity index (χ2n) is 6.58. The summed E-state index contributed by atoms with van der Waals surface area (Å²) in [5.74, 6) is -1.17. The minimum atomic E-state index is -4.71. The first kappa shape index (κ1) is 21.9. The van der Waals surface area contributed by atoms with Gasteiger partial charge < -0.3 is 10.1 Å². The lowest BCUT2D eigenvalue weighted by atomic mass is 10.2. The van der Waals surface area contributed by atoms with Crippen LogP contribution >= 0.6 is 23.2 Å². The highest BCUT2D eigenvalue weighted by molar-refractivity contribution is 6.44. The van der Waals surface area contributed by atoms with Crippen molar-refractivity contribution in [3.05, 3.63) is 76.2 Å². The molecule has 4 aromatic rings. The Kier molecular flexibility index (Phi) is 5.70. The Labute approximate surface area is 189 Å². The van der Waals surface area contributed by atoms with E-state index in [0.717, 1.165) is 4.57 Å². The van der Waals surface area contributed by atoms with E-state index < -0.39 is 17.9 Å². The third-order valence-corrected chi connectivity index (χ3v) is 5.38. The minimum Gasteiger partial charge on any atom is -0.497 e. The van der Waals surface area contributed by atoms with Gasteiger partial charge >= 0.3 is 6.18 Å². The lowest BCUT2D eigenvalue weighted by molar-refractivity contribution is -0.145. The van der Waals surface area contributed by atoms with Crippen molar-refractivity contribution in [3.63, 3.8) is 0 Å². The van der Waals surface area contributed by atoms with Gasteiger partial charge in [0.15, 0.2) is 0 Å². The number of rotatable bonds is 4. The van der Waals surface area contributed by atoms with Gasteiger partial charge in [-0.05, 0) is 36.4 Å². The van der Waals surface area contributed by atoms with Crippen molar-refractivity contribution in [2.45, 2.75) is 6.18 Å². The highest BCUT2D eigenvalue weighted by Crippen LogP contribution is 2.35. The highest BCUT2D eigenvalue weighted by atomic mass is 35.5. The fourth-order valence-electron chi connectivity index (χ4n) is 3.09. The molecule has 32 heavy (non-hydrogen) atoms. The van der Waals surface area contributed by atoms with Gasteiger partial charge in [0.1, 0.15) is 11.6 Å². The number of nitrogens with one attached hydrogen (secondary N) is 1. The van der Waals surface area contributed by atoms with Crippen LogP contribution < -0.4 is 10.1 Å². The van der Waals surface area contributed by atoms with Crippen LogP contribution in [-0.2, 0) is 6.18 Å². The minimum absolute atomic E-state index is 0.0819. The van der Waals surface area contributed by atoms with Crippen LogP contribution in [0.4, 0.5) is 19.0 Å². The number of amides is 1. The highest BCUT2D eigenvalue weighted by Gasteiger charge is 2.38. The second kappa shape index (κ2) is 8.33. The number of hydrogen-bond acceptors (Lipinski definition) is 4. The average molecular weight is 481 g/mol. The molecule has 1 amide bonds. The van der Waals surface area contributed by atoms with E-state index in [2.05, 4.69) is 15.3 Å². The maximum Gasteiger partial charge on any atom is 0.450 e. The van der Waals surface area contributed by atoms with E-state index >= 15 is 0 Å². The Bertz CT molecular complexity index is 1320. The normalized spacial score (nSPS) is 11.6. The SMILES string of the molecule is COc1ccc2c(c1)nc(C(F)(F)F)n2-c1ccc(NC(=O)c2cccc(Cl)c2Cl)nc1. The maximum atomic E-state index is 13.6. The molecule has 6 nitrogen and oxygen atoms in total. The monoisotopic (exact) mass is 480 g/mol. The Morgan fingerprint density at radius 3 is 2.56 bits per heavy atom. The topological polar surface area (TPSA) is 69.0 Å². The van der Waals surface area contributed by atoms with Crippen LogP contribution in [-0.4, -0.2) is 27.6 Å². The summed E-state index contributed by atoms with van der Waals surface area (Å²) < 4.78 is 47.0. The Morgan fingerprint density at radius 1 is 1.12 bits per heavy atom. The molecule has 0 radical (unpaired) electrons. The quantitative estimate of drug-likeness (QED) is 0.388. The summed E-state index contributed by atoms with van der Waals surface area (Å²) >= 11 is 12.0. The van der Waals surface area contributed by atoms with E-state index in [9.17, 15) is 18.0 Å². The van der Waals surface area contributed by atoms with Crippen LogP contribution in [0.1, 0.15) is 16.2 Å². The molecule has 0 aliphatic rings. The van der Waals surface area contributed by atoms with Gasteiger partial charge in [0.2, 0.25) is 5.82 Å². The lowest BCUT2D eigenvalue weighted by Crippen LogP contribution is -2.15. The van der Waals surface area contributed by atoms with E-state index in [4.69, 9.17) is 27.9 Å². The molecule has 0 unspecified atom stereocenters. The zero-order chi connectivity index (χ0) is 23.0. The number of fused-ring (bicyclic) bond motifs is 1. The van der Waals surface area contributed by atoms with E-state index in [1.54, 1.807) is 6.07 Å². The van der Waals surface area contributed by atoms with Crippen LogP contribution in [0.25, 0.3) is 16.7 Å². The van der Waals surface area contributed by atoms with Gasteiger partial charge in [-0.1, -0.05) is 29.3 Å². The largest absolute Gasteiger partial charge is 0.497 e. The van der Waals surface area contributed by atoms with Crippen LogP contribution in [0, 0.1) is 0 Å². The number of hydrogen-bond donors (Lipinski definition) is 1. The molecular formula is C21H13Cl2F3N4O2. The van der Waals surface area contributed by atoms with Crippen molar-refractivity contribution in [2.24, 2.45) is 0 Å². The predicted molar refractivity (Wildman–Crippen MR) is 115 cm³/mol. The maximum absolute atomic E-state index is 13.6. The number of pyridine rings is 1. The molecule has 1 N–H and O–H groups in total. The van der Waals surface area contributed by atoms with Crippen LogP contribution in [0.2, 0.25) is 10.0 Å². The summed E-state index contributed by atoms with van der Waals surface area (Å²) in [6.45, 7) is 0. The van der Waals surface area contributed by atoms with Gasteiger partial charge in [-0.15, -0.1) is 0 Å². The molecular weight excluding hydrogens is 468 g/mol. The first-order valence-electron chi connectivity index (χ1n) is 9.04. The summed E-state index contributed by atoms with van der Waals surface area (Å²) in [5.41, 5.74) is 0.592. The number of nitrogens with zero attached hydrogens (tertiary/aromatic N) is 3. The zero-order valence-corrected chi connectivity index (χ0v) is 17.8. The number of imidazole rings is 1. The van der Waals surface area contributed by atoms with Gasteiger partial charge in [-0.2, -0.15) is 13.2 Å². The Hall–Kier alpha value is -3.30. The standard InChI is InChI=1S/C21H13Cl2F3N4O2/c1-32-12-6-7-16-15(9-12)28-20(21(24,25)26)30(16)11-5-8-17(27-10-11)29-19(31)13-3-2-4-14(22)18(13)23/h2-10H,1H3,(H,27,29,31). The van der Waals surface area contributed by atoms with E-state index in [-0.39, 0.29) is 38.1 Å². The summed E-state index contributed by atoms with van der Waals surface area (Å²) in [6, 6.07) is 11.8. The molecule has 2 heterocycles. The number of ether oxygens (including phenoxy) is 1. The predicted octanol–water partition coefficient (Wildman–Crippen LogP) is 6.01. The number of carbonyl (C=O) groups is 1. The number of aromatic nitrogens is 3. The Morgan fingerprint density at radius 2 is 1.91 bits per heavy atom. The van der Waals surface area contributed by atoms with Crippen molar-refractivity contribution in [1.29, 1.82) is 0 Å². The second-order valence-corrected chi connectivity index (χ2v) is 7.37. The molecule has 0 bridgehead atoms. The average Bonchev–Trinajstić information content (AvgIpc) is 3.15. The van der Waals surface area contributed by atoms with Crippen molar-refractivity contribution in [1.82, 2.24) is 14.5 Å². The Balaban J connectivity index is 1.70. The van der Waals surface area contributed by atoms with Gasteiger partial charge in [-0.3, -0.25) is 9.36 Å². The molecule has 0 saturated heterocycles. The molecule has 0 aliphatic heterocycles. The number of benzene rings is 2. The number of methoxy groups -OCH3 is 1. The van der Waals surface area contributed by atoms with Crippen molar-refractivity contribution in [3.8, 4) is 11.4 Å². The molecule has 2 aromatic carbocycles. The van der Waals surface area contributed by atoms with E-state index in [0.29, 0.717) is 5.75 Å². The summed E-state index contributed by atoms with van der Waals surface area (Å²) in [7, 11) is 1.41. The van der Waals surface area contributed by atoms with Crippen LogP contribution in [0.15, 0.2) is 54.7 Å². The zero-order valence-electron chi connectivity index (χ0n) is 16.2. The van der Waals surface area contributed by atoms with E-state index in [1.165, 1.54) is 55.8 Å². The molecule has 164 valence electrons. The van der Waals surface area contributed by atoms with Crippen molar-refractivity contribution in [2.75, 3.05) is 12.4 Å². The molecule has 2 aromatic heterocycles. The molecule has 4 rings (SSSR count). The van der Waals surface area contributed by atoms with Gasteiger partial charge in [0, 0.05) is 6.07 Å². The van der Waals surface area contributed by atoms with E-state index in [1.807, 2.05) is 0 Å².